The number of aryl methyl sites for hydroxylation is 1. The lowest BCUT2D eigenvalue weighted by Crippen LogP contribution is -2.46. The molecular formula is C17H22ClN3OS. The first-order valence-electron chi connectivity index (χ1n) is 7.77. The summed E-state index contributed by atoms with van der Waals surface area (Å²) in [5.74, 6) is 0.105. The van der Waals surface area contributed by atoms with Crippen LogP contribution in [-0.2, 0) is 11.3 Å². The van der Waals surface area contributed by atoms with Gasteiger partial charge < -0.3 is 10.6 Å². The van der Waals surface area contributed by atoms with Crippen molar-refractivity contribution in [2.45, 2.75) is 38.8 Å². The summed E-state index contributed by atoms with van der Waals surface area (Å²) >= 11 is 1.65. The Morgan fingerprint density at radius 2 is 2.13 bits per heavy atom. The normalized spacial score (nSPS) is 17.3. The van der Waals surface area contributed by atoms with Crippen LogP contribution in [-0.4, -0.2) is 23.5 Å². The number of carbonyl (C=O) groups is 1. The highest BCUT2D eigenvalue weighted by atomic mass is 35.5. The van der Waals surface area contributed by atoms with E-state index in [1.165, 1.54) is 0 Å². The number of halogens is 1. The molecule has 2 aromatic rings. The molecular weight excluding hydrogens is 330 g/mol. The van der Waals surface area contributed by atoms with Crippen molar-refractivity contribution >= 4 is 29.7 Å². The average molecular weight is 352 g/mol. The zero-order valence-electron chi connectivity index (χ0n) is 13.2. The van der Waals surface area contributed by atoms with E-state index in [1.807, 2.05) is 25.1 Å². The molecule has 1 aromatic carbocycles. The van der Waals surface area contributed by atoms with Gasteiger partial charge in [-0.1, -0.05) is 36.8 Å². The fraction of sp³-hybridized carbons (Fsp3) is 0.412. The van der Waals surface area contributed by atoms with Crippen LogP contribution in [0.3, 0.4) is 0 Å². The first-order chi connectivity index (χ1) is 10.7. The first kappa shape index (κ1) is 17.9. The second-order valence-corrected chi connectivity index (χ2v) is 6.70. The minimum atomic E-state index is -0.0319. The van der Waals surface area contributed by atoms with E-state index in [1.54, 1.807) is 11.3 Å². The van der Waals surface area contributed by atoms with Crippen molar-refractivity contribution in [3.8, 4) is 10.6 Å². The predicted octanol–water partition coefficient (Wildman–Crippen LogP) is 3.30. The maximum absolute atomic E-state index is 12.2. The van der Waals surface area contributed by atoms with E-state index in [0.29, 0.717) is 6.54 Å². The van der Waals surface area contributed by atoms with Gasteiger partial charge in [-0.15, -0.1) is 23.7 Å². The monoisotopic (exact) mass is 351 g/mol. The van der Waals surface area contributed by atoms with Crippen LogP contribution in [0.4, 0.5) is 0 Å². The number of hydrogen-bond donors (Lipinski definition) is 2. The molecule has 2 N–H and O–H groups in total. The number of rotatable bonds is 4. The fourth-order valence-electron chi connectivity index (χ4n) is 2.66. The summed E-state index contributed by atoms with van der Waals surface area (Å²) in [6, 6.07) is 10.1. The molecule has 1 aromatic heterocycles. The Kier molecular flexibility index (Phi) is 6.57. The quantitative estimate of drug-likeness (QED) is 0.888. The number of amides is 1. The third-order valence-electron chi connectivity index (χ3n) is 3.96. The van der Waals surface area contributed by atoms with Gasteiger partial charge in [-0.05, 0) is 26.3 Å². The molecule has 1 atom stereocenters. The van der Waals surface area contributed by atoms with Crippen LogP contribution >= 0.6 is 23.7 Å². The highest BCUT2D eigenvalue weighted by molar-refractivity contribution is 7.15. The molecule has 6 heteroatoms. The Bertz CT molecular complexity index is 639. The van der Waals surface area contributed by atoms with E-state index in [2.05, 4.69) is 27.8 Å². The Morgan fingerprint density at radius 3 is 2.83 bits per heavy atom. The van der Waals surface area contributed by atoms with E-state index in [-0.39, 0.29) is 24.4 Å². The van der Waals surface area contributed by atoms with Crippen LogP contribution < -0.4 is 10.6 Å². The van der Waals surface area contributed by atoms with Crippen LogP contribution in [0.1, 0.15) is 29.8 Å². The molecule has 0 bridgehead atoms. The number of piperidine rings is 1. The minimum absolute atomic E-state index is 0. The number of benzene rings is 1. The molecule has 1 aliphatic rings. The maximum Gasteiger partial charge on any atom is 0.237 e. The summed E-state index contributed by atoms with van der Waals surface area (Å²) in [6.07, 6.45) is 3.23. The average Bonchev–Trinajstić information content (AvgIpc) is 2.95. The summed E-state index contributed by atoms with van der Waals surface area (Å²) in [5, 5.41) is 7.33. The molecule has 0 radical (unpaired) electrons. The van der Waals surface area contributed by atoms with Gasteiger partial charge in [0, 0.05) is 10.4 Å². The maximum atomic E-state index is 12.2. The largest absolute Gasteiger partial charge is 0.350 e. The number of nitrogens with zero attached hydrogens (tertiary/aromatic N) is 1. The molecule has 4 nitrogen and oxygen atoms in total. The molecule has 1 aliphatic heterocycles. The van der Waals surface area contributed by atoms with Gasteiger partial charge >= 0.3 is 0 Å². The molecule has 3 rings (SSSR count). The van der Waals surface area contributed by atoms with Crippen molar-refractivity contribution in [2.75, 3.05) is 6.54 Å². The third-order valence-corrected chi connectivity index (χ3v) is 5.17. The van der Waals surface area contributed by atoms with Gasteiger partial charge in [-0.25, -0.2) is 4.98 Å². The molecule has 2 heterocycles. The standard InChI is InChI=1S/C17H21N3OS.ClH/c1-12-15(11-19-16(21)14-9-5-6-10-18-14)22-17(20-12)13-7-3-2-4-8-13;/h2-4,7-8,14,18H,5-6,9-11H2,1H3,(H,19,21);1H. The Hall–Kier alpha value is -1.43. The van der Waals surface area contributed by atoms with E-state index in [4.69, 9.17) is 0 Å². The van der Waals surface area contributed by atoms with Crippen LogP contribution in [0.25, 0.3) is 10.6 Å². The van der Waals surface area contributed by atoms with Gasteiger partial charge in [0.15, 0.2) is 0 Å². The van der Waals surface area contributed by atoms with Gasteiger partial charge in [0.25, 0.3) is 0 Å². The lowest BCUT2D eigenvalue weighted by Gasteiger charge is -2.22. The summed E-state index contributed by atoms with van der Waals surface area (Å²) < 4.78 is 0. The van der Waals surface area contributed by atoms with E-state index in [0.717, 1.165) is 46.9 Å². The van der Waals surface area contributed by atoms with Gasteiger partial charge in [0.05, 0.1) is 18.3 Å². The number of hydrogen-bond acceptors (Lipinski definition) is 4. The lowest BCUT2D eigenvalue weighted by molar-refractivity contribution is -0.123. The highest BCUT2D eigenvalue weighted by Crippen LogP contribution is 2.27. The molecule has 23 heavy (non-hydrogen) atoms. The number of thiazole rings is 1. The number of carbonyl (C=O) groups excluding carboxylic acids is 1. The van der Waals surface area contributed by atoms with E-state index in [9.17, 15) is 4.79 Å². The summed E-state index contributed by atoms with van der Waals surface area (Å²) in [4.78, 5) is 17.9. The van der Waals surface area contributed by atoms with Crippen LogP contribution in [0.5, 0.6) is 0 Å². The van der Waals surface area contributed by atoms with Crippen molar-refractivity contribution in [1.29, 1.82) is 0 Å². The zero-order valence-corrected chi connectivity index (χ0v) is 14.8. The van der Waals surface area contributed by atoms with Crippen molar-refractivity contribution in [3.05, 3.63) is 40.9 Å². The second kappa shape index (κ2) is 8.43. The first-order valence-corrected chi connectivity index (χ1v) is 8.58. The van der Waals surface area contributed by atoms with Crippen LogP contribution in [0.2, 0.25) is 0 Å². The van der Waals surface area contributed by atoms with E-state index < -0.39 is 0 Å². The topological polar surface area (TPSA) is 54.0 Å². The predicted molar refractivity (Wildman–Crippen MR) is 97.0 cm³/mol. The summed E-state index contributed by atoms with van der Waals surface area (Å²) in [5.41, 5.74) is 2.13. The summed E-state index contributed by atoms with van der Waals surface area (Å²) in [6.45, 7) is 3.51. The zero-order chi connectivity index (χ0) is 15.4. The summed E-state index contributed by atoms with van der Waals surface area (Å²) in [7, 11) is 0. The molecule has 1 unspecified atom stereocenters. The third kappa shape index (κ3) is 4.53. The Morgan fingerprint density at radius 1 is 1.35 bits per heavy atom. The molecule has 0 aliphatic carbocycles. The molecule has 1 fully saturated rings. The molecule has 124 valence electrons. The SMILES string of the molecule is Cc1nc(-c2ccccc2)sc1CNC(=O)C1CCCCN1.Cl. The molecule has 0 saturated carbocycles. The minimum Gasteiger partial charge on any atom is -0.350 e. The van der Waals surface area contributed by atoms with Crippen molar-refractivity contribution in [2.24, 2.45) is 0 Å². The molecule has 0 spiro atoms. The lowest BCUT2D eigenvalue weighted by atomic mass is 10.0. The van der Waals surface area contributed by atoms with Gasteiger partial charge in [0.2, 0.25) is 5.91 Å². The smallest absolute Gasteiger partial charge is 0.237 e. The second-order valence-electron chi connectivity index (χ2n) is 5.61. The molecule has 1 amide bonds. The van der Waals surface area contributed by atoms with Gasteiger partial charge in [-0.3, -0.25) is 4.79 Å². The number of aromatic nitrogens is 1. The Balaban J connectivity index is 0.00000192. The van der Waals surface area contributed by atoms with Crippen LogP contribution in [0, 0.1) is 6.92 Å². The van der Waals surface area contributed by atoms with E-state index >= 15 is 0 Å². The van der Waals surface area contributed by atoms with Crippen LogP contribution in [0.15, 0.2) is 30.3 Å². The Labute approximate surface area is 147 Å². The van der Waals surface area contributed by atoms with Crippen molar-refractivity contribution in [1.82, 2.24) is 15.6 Å². The number of nitrogens with one attached hydrogen (secondary N) is 2. The van der Waals surface area contributed by atoms with Gasteiger partial charge in [-0.2, -0.15) is 0 Å². The molecule has 1 saturated heterocycles. The van der Waals surface area contributed by atoms with Crippen molar-refractivity contribution in [3.63, 3.8) is 0 Å². The fourth-order valence-corrected chi connectivity index (χ4v) is 3.67. The highest BCUT2D eigenvalue weighted by Gasteiger charge is 2.20. The van der Waals surface area contributed by atoms with Crippen molar-refractivity contribution < 1.29 is 4.79 Å². The van der Waals surface area contributed by atoms with Gasteiger partial charge in [0.1, 0.15) is 5.01 Å².